The molecule has 1 fully saturated rings. The molecule has 0 spiro atoms. The topological polar surface area (TPSA) is 100 Å². The van der Waals surface area contributed by atoms with Crippen LogP contribution in [0.25, 0.3) is 44.8 Å². The number of hydrogen-bond acceptors (Lipinski definition) is 6. The number of likely N-dealkylation sites (tertiary alicyclic amines) is 1. The van der Waals surface area contributed by atoms with E-state index in [1.54, 1.807) is 0 Å². The molecule has 3 aliphatic rings. The lowest BCUT2D eigenvalue weighted by Gasteiger charge is -2.24. The van der Waals surface area contributed by atoms with E-state index in [4.69, 9.17) is 9.97 Å². The third kappa shape index (κ3) is 6.16. The number of imidazole rings is 2. The lowest BCUT2D eigenvalue weighted by molar-refractivity contribution is 0.0948. The zero-order chi connectivity index (χ0) is 35.9. The van der Waals surface area contributed by atoms with Crippen LogP contribution in [0.1, 0.15) is 70.6 Å². The summed E-state index contributed by atoms with van der Waals surface area (Å²) >= 11 is 0. The Bertz CT molecular complexity index is 2260. The number of benzene rings is 4. The van der Waals surface area contributed by atoms with Crippen molar-refractivity contribution in [3.8, 4) is 22.8 Å². The first-order valence-electron chi connectivity index (χ1n) is 18.4. The third-order valence-electron chi connectivity index (χ3n) is 11.0. The highest BCUT2D eigenvalue weighted by atomic mass is 16.2. The molecule has 10 nitrogen and oxygen atoms in total. The Balaban J connectivity index is 0.000000149. The number of nitrogens with one attached hydrogen (secondary N) is 2. The van der Waals surface area contributed by atoms with Crippen molar-refractivity contribution in [2.75, 3.05) is 40.3 Å². The zero-order valence-electron chi connectivity index (χ0n) is 30.4. The van der Waals surface area contributed by atoms with Crippen molar-refractivity contribution in [2.45, 2.75) is 51.9 Å². The van der Waals surface area contributed by atoms with Crippen LogP contribution < -0.4 is 10.6 Å². The van der Waals surface area contributed by atoms with E-state index in [-0.39, 0.29) is 11.8 Å². The quantitative estimate of drug-likeness (QED) is 0.202. The van der Waals surface area contributed by atoms with Gasteiger partial charge in [-0.25, -0.2) is 9.97 Å². The van der Waals surface area contributed by atoms with E-state index >= 15 is 0 Å². The maximum atomic E-state index is 12.3. The molecular weight excluding hydrogens is 649 g/mol. The standard InChI is InChI=1S/C22H24N4O.C20H22N4O/c1-15(25-12-2-3-13-25)16-7-9-17(10-8-16)21-24-19-6-4-5-18-20(19)26(21)14-11-23-22(18)27;1-13(23(2)3)14-7-9-15(10-8-14)19-22-17-6-4-5-16-18(17)24(19)12-11-21-20(16)25/h4-10,15H,2-3,11-14H2,1H3,(H,23,27);4-10,13H,11-12H2,1-3H3,(H,21,25). The minimum absolute atomic E-state index is 0.0133. The largest absolute Gasteiger partial charge is 0.350 e. The monoisotopic (exact) mass is 694 g/mol. The minimum Gasteiger partial charge on any atom is -0.350 e. The molecule has 0 radical (unpaired) electrons. The second kappa shape index (κ2) is 14.0. The Morgan fingerprint density at radius 3 is 1.54 bits per heavy atom. The van der Waals surface area contributed by atoms with Crippen LogP contribution >= 0.6 is 0 Å². The average molecular weight is 695 g/mol. The number of nitrogens with zero attached hydrogens (tertiary/aromatic N) is 6. The van der Waals surface area contributed by atoms with E-state index in [2.05, 4.69) is 106 Å². The summed E-state index contributed by atoms with van der Waals surface area (Å²) in [4.78, 5) is 39.0. The van der Waals surface area contributed by atoms with Crippen molar-refractivity contribution in [3.63, 3.8) is 0 Å². The molecule has 1 saturated heterocycles. The lowest BCUT2D eigenvalue weighted by atomic mass is 10.0. The molecule has 2 unspecified atom stereocenters. The molecule has 266 valence electrons. The van der Waals surface area contributed by atoms with E-state index in [1.165, 1.54) is 37.1 Å². The van der Waals surface area contributed by atoms with Crippen molar-refractivity contribution in [2.24, 2.45) is 0 Å². The van der Waals surface area contributed by atoms with Crippen molar-refractivity contribution in [1.82, 2.24) is 39.5 Å². The van der Waals surface area contributed by atoms with E-state index in [1.807, 2.05) is 36.4 Å². The summed E-state index contributed by atoms with van der Waals surface area (Å²) in [5.41, 5.74) is 9.84. The number of rotatable bonds is 6. The van der Waals surface area contributed by atoms with Gasteiger partial charge in [-0.05, 0) is 89.3 Å². The molecule has 2 amide bonds. The summed E-state index contributed by atoms with van der Waals surface area (Å²) < 4.78 is 4.34. The van der Waals surface area contributed by atoms with Crippen LogP contribution in [-0.2, 0) is 13.1 Å². The van der Waals surface area contributed by atoms with Gasteiger partial charge in [0.15, 0.2) is 0 Å². The highest BCUT2D eigenvalue weighted by Crippen LogP contribution is 2.32. The van der Waals surface area contributed by atoms with Gasteiger partial charge >= 0.3 is 0 Å². The lowest BCUT2D eigenvalue weighted by Crippen LogP contribution is -2.24. The number of carbonyl (C=O) groups excluding carboxylic acids is 2. The highest BCUT2D eigenvalue weighted by molar-refractivity contribution is 6.07. The minimum atomic E-state index is -0.0223. The number of hydrogen-bond donors (Lipinski definition) is 2. The van der Waals surface area contributed by atoms with Crippen LogP contribution in [0, 0.1) is 0 Å². The molecule has 52 heavy (non-hydrogen) atoms. The van der Waals surface area contributed by atoms with E-state index in [9.17, 15) is 9.59 Å². The molecule has 0 saturated carbocycles. The average Bonchev–Trinajstić information content (AvgIpc) is 3.87. The van der Waals surface area contributed by atoms with Crippen LogP contribution in [0.3, 0.4) is 0 Å². The predicted molar refractivity (Wildman–Crippen MR) is 206 cm³/mol. The molecule has 3 aliphatic heterocycles. The van der Waals surface area contributed by atoms with Gasteiger partial charge in [0.05, 0.1) is 33.2 Å². The van der Waals surface area contributed by atoms with E-state index < -0.39 is 0 Å². The van der Waals surface area contributed by atoms with Crippen molar-refractivity contribution in [3.05, 3.63) is 107 Å². The maximum absolute atomic E-state index is 12.3. The summed E-state index contributed by atoms with van der Waals surface area (Å²) in [6, 6.07) is 29.7. The van der Waals surface area contributed by atoms with Gasteiger partial charge < -0.3 is 24.7 Å². The van der Waals surface area contributed by atoms with Crippen molar-refractivity contribution >= 4 is 33.9 Å². The first kappa shape index (κ1) is 33.8. The van der Waals surface area contributed by atoms with Gasteiger partial charge in [-0.15, -0.1) is 0 Å². The predicted octanol–water partition coefficient (Wildman–Crippen LogP) is 6.67. The van der Waals surface area contributed by atoms with Gasteiger partial charge in [-0.2, -0.15) is 0 Å². The maximum Gasteiger partial charge on any atom is 0.253 e. The summed E-state index contributed by atoms with van der Waals surface area (Å²) in [5, 5.41) is 5.94. The van der Waals surface area contributed by atoms with Gasteiger partial charge in [-0.3, -0.25) is 14.5 Å². The molecule has 4 aromatic carbocycles. The van der Waals surface area contributed by atoms with Crippen LogP contribution in [0.4, 0.5) is 0 Å². The van der Waals surface area contributed by atoms with Gasteiger partial charge in [0.25, 0.3) is 11.8 Å². The molecule has 0 aliphatic carbocycles. The Morgan fingerprint density at radius 2 is 1.08 bits per heavy atom. The Kier molecular flexibility index (Phi) is 9.11. The molecule has 10 heteroatoms. The Morgan fingerprint density at radius 1 is 0.615 bits per heavy atom. The van der Waals surface area contributed by atoms with Crippen molar-refractivity contribution in [1.29, 1.82) is 0 Å². The first-order valence-corrected chi connectivity index (χ1v) is 18.4. The fourth-order valence-electron chi connectivity index (χ4n) is 7.83. The highest BCUT2D eigenvalue weighted by Gasteiger charge is 2.24. The Hall–Kier alpha value is -5.32. The van der Waals surface area contributed by atoms with Gasteiger partial charge in [0.2, 0.25) is 0 Å². The Labute approximate surface area is 304 Å². The number of para-hydroxylation sites is 2. The van der Waals surface area contributed by atoms with Gasteiger partial charge in [0.1, 0.15) is 11.6 Å². The normalized spacial score (nSPS) is 16.9. The second-order valence-electron chi connectivity index (χ2n) is 14.3. The number of carbonyl (C=O) groups is 2. The summed E-state index contributed by atoms with van der Waals surface area (Å²) in [5.74, 6) is 1.82. The number of amides is 2. The molecular formula is C42H46N8O2. The van der Waals surface area contributed by atoms with Crippen LogP contribution in [0.2, 0.25) is 0 Å². The van der Waals surface area contributed by atoms with E-state index in [0.717, 1.165) is 57.9 Å². The molecule has 5 heterocycles. The van der Waals surface area contributed by atoms with E-state index in [0.29, 0.717) is 36.3 Å². The van der Waals surface area contributed by atoms with Crippen LogP contribution in [0.5, 0.6) is 0 Å². The molecule has 2 N–H and O–H groups in total. The fourth-order valence-corrected chi connectivity index (χ4v) is 7.83. The summed E-state index contributed by atoms with van der Waals surface area (Å²) in [6.45, 7) is 9.58. The molecule has 2 atom stereocenters. The van der Waals surface area contributed by atoms with Crippen LogP contribution in [0.15, 0.2) is 84.9 Å². The van der Waals surface area contributed by atoms with Gasteiger partial charge in [-0.1, -0.05) is 60.7 Å². The SMILES string of the molecule is CC(c1ccc(-c2nc3cccc4c3n2CCNC4=O)cc1)N(C)C.CC(c1ccc(-c2nc3cccc4c3n2CCNC4=O)cc1)N1CCCC1. The molecule has 6 aromatic rings. The second-order valence-corrected chi connectivity index (χ2v) is 14.3. The first-order chi connectivity index (χ1) is 25.3. The molecule has 0 bridgehead atoms. The smallest absolute Gasteiger partial charge is 0.253 e. The van der Waals surface area contributed by atoms with Crippen molar-refractivity contribution < 1.29 is 9.59 Å². The molecule has 9 rings (SSSR count). The van der Waals surface area contributed by atoms with Gasteiger partial charge in [0, 0.05) is 49.4 Å². The zero-order valence-corrected chi connectivity index (χ0v) is 30.4. The van der Waals surface area contributed by atoms with Crippen LogP contribution in [-0.4, -0.2) is 81.0 Å². The fraction of sp³-hybridized carbons (Fsp3) is 0.333. The third-order valence-corrected chi connectivity index (χ3v) is 11.0. The molecule has 2 aromatic heterocycles. The summed E-state index contributed by atoms with van der Waals surface area (Å²) in [6.07, 6.45) is 2.61. The summed E-state index contributed by atoms with van der Waals surface area (Å²) in [7, 11) is 4.16. The number of aromatic nitrogens is 4.